The zero-order valence-electron chi connectivity index (χ0n) is 15.3. The first kappa shape index (κ1) is 22.0. The second-order valence-electron chi connectivity index (χ2n) is 6.75. The Labute approximate surface area is 177 Å². The highest BCUT2D eigenvalue weighted by molar-refractivity contribution is 14.0. The molecule has 0 aromatic heterocycles. The third kappa shape index (κ3) is 6.68. The molecule has 152 valence electrons. The Balaban J connectivity index is 0.00000261. The molecule has 0 bridgehead atoms. The molecule has 2 unspecified atom stereocenters. The van der Waals surface area contributed by atoms with Gasteiger partial charge in [0.1, 0.15) is 0 Å². The lowest BCUT2D eigenvalue weighted by Crippen LogP contribution is -2.38. The third-order valence-electron chi connectivity index (χ3n) is 4.54. The van der Waals surface area contributed by atoms with E-state index >= 15 is 0 Å². The number of sulfonamides is 1. The van der Waals surface area contributed by atoms with Crippen molar-refractivity contribution in [1.82, 2.24) is 4.72 Å². The molecule has 1 aromatic carbocycles. The van der Waals surface area contributed by atoms with Gasteiger partial charge in [-0.15, -0.1) is 24.0 Å². The summed E-state index contributed by atoms with van der Waals surface area (Å²) in [5.74, 6) is 1.87. The number of nitrogens with zero attached hydrogens (tertiary/aromatic N) is 1. The monoisotopic (exact) mass is 510 g/mol. The Kier molecular flexibility index (Phi) is 7.98. The van der Waals surface area contributed by atoms with E-state index < -0.39 is 10.0 Å². The molecule has 1 saturated carbocycles. The first-order valence-corrected chi connectivity index (χ1v) is 10.7. The fourth-order valence-corrected chi connectivity index (χ4v) is 4.19. The standard InChI is InChI=1S/C17H26N4O4S.HI/c1-26(22,23)21-14-5-2-4-12(14)11-19-17(18)20-13-6-7-15-16(10-13)25-9-3-8-24-15;/h6-7,10,12,14,21H,2-5,8-9,11H2,1H3,(H3,18,19,20);1H. The molecular weight excluding hydrogens is 483 g/mol. The van der Waals surface area contributed by atoms with Crippen molar-refractivity contribution < 1.29 is 17.9 Å². The average molecular weight is 510 g/mol. The van der Waals surface area contributed by atoms with Gasteiger partial charge < -0.3 is 20.5 Å². The van der Waals surface area contributed by atoms with Gasteiger partial charge in [0.05, 0.1) is 19.5 Å². The average Bonchev–Trinajstić information content (AvgIpc) is 2.85. The fraction of sp³-hybridized carbons (Fsp3) is 0.588. The van der Waals surface area contributed by atoms with Gasteiger partial charge in [0.2, 0.25) is 10.0 Å². The highest BCUT2D eigenvalue weighted by Gasteiger charge is 2.29. The van der Waals surface area contributed by atoms with E-state index in [1.54, 1.807) is 0 Å². The molecule has 0 spiro atoms. The highest BCUT2D eigenvalue weighted by Crippen LogP contribution is 2.32. The van der Waals surface area contributed by atoms with Crippen LogP contribution in [0, 0.1) is 5.92 Å². The summed E-state index contributed by atoms with van der Waals surface area (Å²) in [6.07, 6.45) is 4.80. The molecule has 0 saturated heterocycles. The summed E-state index contributed by atoms with van der Waals surface area (Å²) in [4.78, 5) is 4.39. The molecule has 1 aromatic rings. The Bertz CT molecular complexity index is 772. The minimum absolute atomic E-state index is 0. The van der Waals surface area contributed by atoms with Gasteiger partial charge in [-0.05, 0) is 30.9 Å². The van der Waals surface area contributed by atoms with E-state index in [0.29, 0.717) is 31.5 Å². The largest absolute Gasteiger partial charge is 0.490 e. The summed E-state index contributed by atoms with van der Waals surface area (Å²) in [6, 6.07) is 5.48. The van der Waals surface area contributed by atoms with Crippen molar-refractivity contribution >= 4 is 45.6 Å². The Morgan fingerprint density at radius 1 is 1.22 bits per heavy atom. The molecule has 0 amide bonds. The zero-order valence-corrected chi connectivity index (χ0v) is 18.5. The summed E-state index contributed by atoms with van der Waals surface area (Å²) in [6.45, 7) is 1.75. The molecule has 1 aliphatic carbocycles. The predicted octanol–water partition coefficient (Wildman–Crippen LogP) is 1.91. The molecule has 1 heterocycles. The lowest BCUT2D eigenvalue weighted by atomic mass is 10.1. The molecular formula is C17H27IN4O4S. The maximum Gasteiger partial charge on any atom is 0.208 e. The molecule has 2 aliphatic rings. The van der Waals surface area contributed by atoms with Gasteiger partial charge in [0.25, 0.3) is 0 Å². The van der Waals surface area contributed by atoms with Crippen LogP contribution in [0.3, 0.4) is 0 Å². The van der Waals surface area contributed by atoms with Gasteiger partial charge in [0, 0.05) is 30.8 Å². The van der Waals surface area contributed by atoms with Crippen molar-refractivity contribution in [3.8, 4) is 11.5 Å². The normalized spacial score (nSPS) is 22.6. The predicted molar refractivity (Wildman–Crippen MR) is 117 cm³/mol. The summed E-state index contributed by atoms with van der Waals surface area (Å²) in [5.41, 5.74) is 6.76. The lowest BCUT2D eigenvalue weighted by Gasteiger charge is -2.18. The summed E-state index contributed by atoms with van der Waals surface area (Å²) >= 11 is 0. The topological polar surface area (TPSA) is 115 Å². The van der Waals surface area contributed by atoms with Crippen LogP contribution in [0.25, 0.3) is 0 Å². The molecule has 0 radical (unpaired) electrons. The van der Waals surface area contributed by atoms with E-state index in [0.717, 1.165) is 37.1 Å². The number of guanidine groups is 1. The SMILES string of the molecule is CS(=O)(=O)NC1CCCC1CN=C(N)Nc1ccc2c(c1)OCCCO2.I. The van der Waals surface area contributed by atoms with Gasteiger partial charge in [-0.3, -0.25) is 4.99 Å². The van der Waals surface area contributed by atoms with E-state index in [4.69, 9.17) is 15.2 Å². The number of ether oxygens (including phenoxy) is 2. The highest BCUT2D eigenvalue weighted by atomic mass is 127. The van der Waals surface area contributed by atoms with Crippen LogP contribution in [0.5, 0.6) is 11.5 Å². The first-order chi connectivity index (χ1) is 12.4. The van der Waals surface area contributed by atoms with Crippen molar-refractivity contribution in [2.24, 2.45) is 16.6 Å². The Hall–Kier alpha value is -1.27. The number of hydrogen-bond donors (Lipinski definition) is 3. The molecule has 1 fully saturated rings. The molecule has 2 atom stereocenters. The van der Waals surface area contributed by atoms with Crippen LogP contribution in [-0.2, 0) is 10.0 Å². The van der Waals surface area contributed by atoms with Crippen molar-refractivity contribution in [1.29, 1.82) is 0 Å². The van der Waals surface area contributed by atoms with Crippen LogP contribution < -0.4 is 25.2 Å². The second kappa shape index (κ2) is 9.78. The van der Waals surface area contributed by atoms with E-state index in [9.17, 15) is 8.42 Å². The number of anilines is 1. The number of nitrogens with one attached hydrogen (secondary N) is 2. The summed E-state index contributed by atoms with van der Waals surface area (Å²) in [7, 11) is -3.21. The second-order valence-corrected chi connectivity index (χ2v) is 8.53. The van der Waals surface area contributed by atoms with Gasteiger partial charge in [-0.2, -0.15) is 0 Å². The van der Waals surface area contributed by atoms with Crippen molar-refractivity contribution in [3.63, 3.8) is 0 Å². The Morgan fingerprint density at radius 3 is 2.70 bits per heavy atom. The number of rotatable bonds is 5. The quantitative estimate of drug-likeness (QED) is 0.317. The van der Waals surface area contributed by atoms with Crippen LogP contribution in [0.2, 0.25) is 0 Å². The van der Waals surface area contributed by atoms with Crippen LogP contribution in [0.15, 0.2) is 23.2 Å². The molecule has 3 rings (SSSR count). The van der Waals surface area contributed by atoms with Crippen molar-refractivity contribution in [3.05, 3.63) is 18.2 Å². The summed E-state index contributed by atoms with van der Waals surface area (Å²) in [5, 5.41) is 3.05. The summed E-state index contributed by atoms with van der Waals surface area (Å²) < 4.78 is 36.9. The Morgan fingerprint density at radius 2 is 1.96 bits per heavy atom. The molecule has 4 N–H and O–H groups in total. The van der Waals surface area contributed by atoms with Crippen LogP contribution in [-0.4, -0.2) is 46.4 Å². The minimum Gasteiger partial charge on any atom is -0.490 e. The number of benzene rings is 1. The molecule has 1 aliphatic heterocycles. The van der Waals surface area contributed by atoms with Crippen molar-refractivity contribution in [2.75, 3.05) is 31.3 Å². The van der Waals surface area contributed by atoms with Gasteiger partial charge >= 0.3 is 0 Å². The number of aliphatic imine (C=N–C) groups is 1. The first-order valence-electron chi connectivity index (χ1n) is 8.84. The van der Waals surface area contributed by atoms with E-state index in [2.05, 4.69) is 15.0 Å². The van der Waals surface area contributed by atoms with Crippen LogP contribution >= 0.6 is 24.0 Å². The maximum atomic E-state index is 11.4. The number of nitrogens with two attached hydrogens (primary N) is 1. The van der Waals surface area contributed by atoms with Crippen molar-refractivity contribution in [2.45, 2.75) is 31.7 Å². The number of halogens is 1. The molecule has 27 heavy (non-hydrogen) atoms. The van der Waals surface area contributed by atoms with E-state index in [1.165, 1.54) is 6.26 Å². The number of fused-ring (bicyclic) bond motifs is 1. The fourth-order valence-electron chi connectivity index (χ4n) is 3.33. The smallest absolute Gasteiger partial charge is 0.208 e. The van der Waals surface area contributed by atoms with Crippen LogP contribution in [0.4, 0.5) is 5.69 Å². The van der Waals surface area contributed by atoms with E-state index in [-0.39, 0.29) is 35.9 Å². The third-order valence-corrected chi connectivity index (χ3v) is 5.27. The van der Waals surface area contributed by atoms with Gasteiger partial charge in [-0.1, -0.05) is 6.42 Å². The van der Waals surface area contributed by atoms with E-state index in [1.807, 2.05) is 18.2 Å². The molecule has 10 heteroatoms. The lowest BCUT2D eigenvalue weighted by molar-refractivity contribution is 0.297. The maximum absolute atomic E-state index is 11.4. The molecule has 8 nitrogen and oxygen atoms in total. The van der Waals surface area contributed by atoms with Gasteiger partial charge in [-0.25, -0.2) is 13.1 Å². The van der Waals surface area contributed by atoms with Crippen LogP contribution in [0.1, 0.15) is 25.7 Å². The van der Waals surface area contributed by atoms with Gasteiger partial charge in [0.15, 0.2) is 17.5 Å². The minimum atomic E-state index is -3.21. The number of hydrogen-bond acceptors (Lipinski definition) is 5. The zero-order chi connectivity index (χ0) is 18.6.